The third-order valence-electron chi connectivity index (χ3n) is 5.84. The summed E-state index contributed by atoms with van der Waals surface area (Å²) in [5.74, 6) is 0.162. The molecular formula is C25H28N4O4. The van der Waals surface area contributed by atoms with Crippen molar-refractivity contribution in [2.24, 2.45) is 4.99 Å². The van der Waals surface area contributed by atoms with Gasteiger partial charge < -0.3 is 14.7 Å². The molecule has 3 aromatic rings. The number of methoxy groups -OCH3 is 1. The Labute approximate surface area is 191 Å². The molecule has 0 amide bonds. The number of ether oxygens (including phenoxy) is 1. The molecule has 0 spiro atoms. The molecule has 0 unspecified atom stereocenters. The largest absolute Gasteiger partial charge is 0.497 e. The first-order valence-electron chi connectivity index (χ1n) is 11.1. The van der Waals surface area contributed by atoms with Gasteiger partial charge in [0, 0.05) is 12.1 Å². The maximum atomic E-state index is 12.9. The zero-order valence-corrected chi connectivity index (χ0v) is 18.7. The topological polar surface area (TPSA) is 99.9 Å². The van der Waals surface area contributed by atoms with E-state index in [9.17, 15) is 14.7 Å². The fourth-order valence-electron chi connectivity index (χ4n) is 4.11. The first-order chi connectivity index (χ1) is 16.1. The van der Waals surface area contributed by atoms with Crippen molar-refractivity contribution < 1.29 is 9.84 Å². The van der Waals surface area contributed by atoms with E-state index in [1.807, 2.05) is 30.3 Å². The Bertz CT molecular complexity index is 1220. The minimum atomic E-state index is -0.729. The molecule has 1 aliphatic heterocycles. The number of aromatic hydroxyl groups is 1. The van der Waals surface area contributed by atoms with Crippen LogP contribution >= 0.6 is 0 Å². The Morgan fingerprint density at radius 1 is 1.03 bits per heavy atom. The first-order valence-corrected chi connectivity index (χ1v) is 11.1. The highest BCUT2D eigenvalue weighted by Crippen LogP contribution is 2.22. The van der Waals surface area contributed by atoms with Crippen LogP contribution in [0.25, 0.3) is 5.69 Å². The average molecular weight is 449 g/mol. The summed E-state index contributed by atoms with van der Waals surface area (Å²) in [4.78, 5) is 34.9. The summed E-state index contributed by atoms with van der Waals surface area (Å²) in [5.41, 5.74) is 0.00673. The van der Waals surface area contributed by atoms with E-state index in [0.29, 0.717) is 29.3 Å². The third-order valence-corrected chi connectivity index (χ3v) is 5.84. The number of H-pyrrole nitrogens is 1. The van der Waals surface area contributed by atoms with Crippen LogP contribution in [0.2, 0.25) is 0 Å². The van der Waals surface area contributed by atoms with Crippen molar-refractivity contribution in [2.45, 2.75) is 19.3 Å². The minimum Gasteiger partial charge on any atom is -0.497 e. The molecule has 0 atom stereocenters. The van der Waals surface area contributed by atoms with Crippen molar-refractivity contribution in [1.82, 2.24) is 14.5 Å². The van der Waals surface area contributed by atoms with Crippen LogP contribution in [-0.2, 0) is 0 Å². The molecule has 33 heavy (non-hydrogen) atoms. The number of aromatic nitrogens is 2. The van der Waals surface area contributed by atoms with E-state index in [0.717, 1.165) is 24.2 Å². The number of aliphatic imine (C=N–C) groups is 1. The first kappa shape index (κ1) is 22.5. The Morgan fingerprint density at radius 3 is 2.39 bits per heavy atom. The lowest BCUT2D eigenvalue weighted by Gasteiger charge is -2.25. The lowest BCUT2D eigenvalue weighted by Crippen LogP contribution is -2.34. The summed E-state index contributed by atoms with van der Waals surface area (Å²) in [6.07, 6.45) is 3.62. The summed E-state index contributed by atoms with van der Waals surface area (Å²) in [6.45, 7) is 3.34. The molecule has 1 aromatic heterocycles. The zero-order chi connectivity index (χ0) is 23.2. The summed E-state index contributed by atoms with van der Waals surface area (Å²) < 4.78 is 6.24. The van der Waals surface area contributed by atoms with Gasteiger partial charge in [-0.15, -0.1) is 0 Å². The zero-order valence-electron chi connectivity index (χ0n) is 18.7. The Balaban J connectivity index is 1.78. The molecule has 1 saturated heterocycles. The van der Waals surface area contributed by atoms with E-state index in [1.165, 1.54) is 19.3 Å². The average Bonchev–Trinajstić information content (AvgIpc) is 2.84. The van der Waals surface area contributed by atoms with Gasteiger partial charge in [-0.3, -0.25) is 14.8 Å². The van der Waals surface area contributed by atoms with Crippen LogP contribution in [0.4, 0.5) is 0 Å². The second-order valence-electron chi connectivity index (χ2n) is 7.99. The molecule has 2 N–H and O–H groups in total. The number of nitrogens with one attached hydrogen (secondary N) is 1. The van der Waals surface area contributed by atoms with Crippen molar-refractivity contribution in [3.63, 3.8) is 0 Å². The van der Waals surface area contributed by atoms with Gasteiger partial charge in [-0.2, -0.15) is 0 Å². The molecule has 2 heterocycles. The highest BCUT2D eigenvalue weighted by Gasteiger charge is 2.22. The van der Waals surface area contributed by atoms with Gasteiger partial charge in [0.2, 0.25) is 5.88 Å². The molecule has 8 heteroatoms. The van der Waals surface area contributed by atoms with E-state index in [1.54, 1.807) is 31.4 Å². The van der Waals surface area contributed by atoms with Crippen LogP contribution < -0.4 is 16.0 Å². The Hall–Kier alpha value is -3.65. The smallest absolute Gasteiger partial charge is 0.335 e. The Kier molecular flexibility index (Phi) is 7.04. The molecule has 4 rings (SSSR count). The molecular weight excluding hydrogens is 420 g/mol. The lowest BCUT2D eigenvalue weighted by atomic mass is 10.0. The quantitative estimate of drug-likeness (QED) is 0.541. The second kappa shape index (κ2) is 10.3. The van der Waals surface area contributed by atoms with Gasteiger partial charge in [-0.1, -0.05) is 36.8 Å². The van der Waals surface area contributed by atoms with Gasteiger partial charge in [0.15, 0.2) is 0 Å². The molecule has 1 aliphatic rings. The molecule has 172 valence electrons. The second-order valence-corrected chi connectivity index (χ2v) is 7.99. The predicted octanol–water partition coefficient (Wildman–Crippen LogP) is 2.56. The fraction of sp³-hybridized carbons (Fsp3) is 0.320. The molecule has 0 radical (unpaired) electrons. The summed E-state index contributed by atoms with van der Waals surface area (Å²) >= 11 is 0. The van der Waals surface area contributed by atoms with Gasteiger partial charge >= 0.3 is 5.69 Å². The van der Waals surface area contributed by atoms with E-state index >= 15 is 0 Å². The number of hydrogen-bond acceptors (Lipinski definition) is 6. The highest BCUT2D eigenvalue weighted by molar-refractivity contribution is 6.14. The van der Waals surface area contributed by atoms with Crippen LogP contribution in [0.15, 0.2) is 69.2 Å². The molecule has 1 fully saturated rings. The third kappa shape index (κ3) is 5.06. The molecule has 8 nitrogen and oxygen atoms in total. The number of piperidine rings is 1. The van der Waals surface area contributed by atoms with Crippen LogP contribution in [0.1, 0.15) is 30.4 Å². The monoisotopic (exact) mass is 448 g/mol. The van der Waals surface area contributed by atoms with Crippen LogP contribution in [0.5, 0.6) is 11.6 Å². The fourth-order valence-corrected chi connectivity index (χ4v) is 4.11. The van der Waals surface area contributed by atoms with Gasteiger partial charge in [0.1, 0.15) is 11.3 Å². The van der Waals surface area contributed by atoms with Crippen molar-refractivity contribution >= 4 is 5.71 Å². The van der Waals surface area contributed by atoms with E-state index in [-0.39, 0.29) is 5.56 Å². The van der Waals surface area contributed by atoms with Crippen LogP contribution in [-0.4, -0.2) is 58.6 Å². The summed E-state index contributed by atoms with van der Waals surface area (Å²) in [5, 5.41) is 11.1. The molecule has 0 bridgehead atoms. The number of rotatable bonds is 7. The van der Waals surface area contributed by atoms with Crippen LogP contribution in [0.3, 0.4) is 0 Å². The highest BCUT2D eigenvalue weighted by atomic mass is 16.5. The number of benzene rings is 2. The molecule has 0 aliphatic carbocycles. The normalized spacial score (nSPS) is 14.9. The Morgan fingerprint density at radius 2 is 1.73 bits per heavy atom. The molecule has 2 aromatic carbocycles. The van der Waals surface area contributed by atoms with E-state index in [2.05, 4.69) is 9.88 Å². The van der Waals surface area contributed by atoms with Gasteiger partial charge in [-0.05, 0) is 50.2 Å². The minimum absolute atomic E-state index is 0.0322. The summed E-state index contributed by atoms with van der Waals surface area (Å²) in [6, 6.07) is 15.9. The molecule has 0 saturated carbocycles. The van der Waals surface area contributed by atoms with Gasteiger partial charge in [0.05, 0.1) is 25.1 Å². The van der Waals surface area contributed by atoms with Gasteiger partial charge in [-0.25, -0.2) is 9.36 Å². The van der Waals surface area contributed by atoms with Crippen molar-refractivity contribution in [3.05, 3.63) is 86.6 Å². The van der Waals surface area contributed by atoms with Crippen molar-refractivity contribution in [2.75, 3.05) is 33.3 Å². The van der Waals surface area contributed by atoms with Gasteiger partial charge in [0.25, 0.3) is 5.56 Å². The lowest BCUT2D eigenvalue weighted by molar-refractivity contribution is 0.235. The number of hydrogen-bond donors (Lipinski definition) is 2. The number of likely N-dealkylation sites (tertiary alicyclic amines) is 1. The van der Waals surface area contributed by atoms with E-state index in [4.69, 9.17) is 9.73 Å². The predicted molar refractivity (Wildman–Crippen MR) is 128 cm³/mol. The SMILES string of the molecule is COc1ccc(-n2c(O)c(C(=NCCN3CCCCC3)c3ccccc3)c(=O)[nH]c2=O)cc1. The maximum Gasteiger partial charge on any atom is 0.335 e. The number of aromatic amines is 1. The van der Waals surface area contributed by atoms with Crippen molar-refractivity contribution in [1.29, 1.82) is 0 Å². The standard InChI is InChI=1S/C25H28N4O4/c1-33-20-12-10-19(11-13-20)29-24(31)21(23(30)27-25(29)32)22(18-8-4-2-5-9-18)26-14-17-28-15-6-3-7-16-28/h2,4-5,8-13,31H,3,6-7,14-17H2,1H3,(H,27,30,32). The maximum absolute atomic E-state index is 12.9. The van der Waals surface area contributed by atoms with Crippen molar-refractivity contribution in [3.8, 4) is 17.3 Å². The van der Waals surface area contributed by atoms with Crippen LogP contribution in [0, 0.1) is 0 Å². The van der Waals surface area contributed by atoms with E-state index < -0.39 is 17.1 Å². The number of nitrogens with zero attached hydrogens (tertiary/aromatic N) is 3. The summed E-state index contributed by atoms with van der Waals surface area (Å²) in [7, 11) is 1.54.